The van der Waals surface area contributed by atoms with Crippen molar-refractivity contribution in [2.45, 2.75) is 18.9 Å². The molecule has 2 aliphatic rings. The zero-order valence-corrected chi connectivity index (χ0v) is 14.6. The number of aromatic nitrogens is 2. The summed E-state index contributed by atoms with van der Waals surface area (Å²) in [7, 11) is 0. The molecule has 2 aromatic heterocycles. The van der Waals surface area contributed by atoms with Crippen molar-refractivity contribution in [2.75, 3.05) is 39.3 Å². The summed E-state index contributed by atoms with van der Waals surface area (Å²) < 4.78 is 1.99. The van der Waals surface area contributed by atoms with Crippen LogP contribution in [-0.4, -0.2) is 70.4 Å². The molecular formula is C15H22ClN5OS. The molecule has 0 radical (unpaired) electrons. The van der Waals surface area contributed by atoms with Gasteiger partial charge < -0.3 is 10.2 Å². The highest BCUT2D eigenvalue weighted by atomic mass is 35.5. The van der Waals surface area contributed by atoms with E-state index >= 15 is 0 Å². The Bertz CT molecular complexity index is 637. The number of nitrogens with zero attached hydrogens (tertiary/aromatic N) is 4. The van der Waals surface area contributed by atoms with E-state index in [9.17, 15) is 4.79 Å². The lowest BCUT2D eigenvalue weighted by Gasteiger charge is -2.32. The predicted octanol–water partition coefficient (Wildman–Crippen LogP) is 0.866. The molecule has 0 bridgehead atoms. The largest absolute Gasteiger partial charge is 0.341 e. The lowest BCUT2D eigenvalue weighted by atomic mass is 10.2. The Morgan fingerprint density at radius 3 is 2.96 bits per heavy atom. The highest BCUT2D eigenvalue weighted by molar-refractivity contribution is 7.15. The molecule has 2 saturated heterocycles. The van der Waals surface area contributed by atoms with Crippen LogP contribution in [0.2, 0.25) is 0 Å². The van der Waals surface area contributed by atoms with Gasteiger partial charge in [-0.25, -0.2) is 4.98 Å². The van der Waals surface area contributed by atoms with Crippen molar-refractivity contribution in [2.24, 2.45) is 0 Å². The third-order valence-electron chi connectivity index (χ3n) is 4.66. The van der Waals surface area contributed by atoms with E-state index in [1.807, 2.05) is 27.1 Å². The van der Waals surface area contributed by atoms with Crippen molar-refractivity contribution in [1.29, 1.82) is 0 Å². The number of halogens is 1. The molecule has 2 aliphatic heterocycles. The number of amides is 1. The summed E-state index contributed by atoms with van der Waals surface area (Å²) in [5.74, 6) is 0.211. The van der Waals surface area contributed by atoms with Gasteiger partial charge in [0.25, 0.3) is 0 Å². The molecular weight excluding hydrogens is 334 g/mol. The van der Waals surface area contributed by atoms with E-state index in [0.717, 1.165) is 56.3 Å². The van der Waals surface area contributed by atoms with Crippen LogP contribution in [0.3, 0.4) is 0 Å². The monoisotopic (exact) mass is 355 g/mol. The minimum Gasteiger partial charge on any atom is -0.341 e. The Balaban J connectivity index is 0.00000156. The summed E-state index contributed by atoms with van der Waals surface area (Å²) in [5, 5.41) is 5.39. The number of likely N-dealkylation sites (tertiary alicyclic amines) is 1. The first-order valence-corrected chi connectivity index (χ1v) is 8.81. The van der Waals surface area contributed by atoms with Gasteiger partial charge in [-0.3, -0.25) is 14.1 Å². The van der Waals surface area contributed by atoms with Gasteiger partial charge in [0.1, 0.15) is 0 Å². The third kappa shape index (κ3) is 3.52. The molecule has 0 aromatic carbocycles. The van der Waals surface area contributed by atoms with Gasteiger partial charge in [0.05, 0.1) is 12.1 Å². The van der Waals surface area contributed by atoms with E-state index in [4.69, 9.17) is 0 Å². The summed E-state index contributed by atoms with van der Waals surface area (Å²) in [5.41, 5.74) is 0.877. The second-order valence-corrected chi connectivity index (χ2v) is 6.94. The van der Waals surface area contributed by atoms with Gasteiger partial charge in [-0.05, 0) is 6.42 Å². The number of rotatable bonds is 3. The van der Waals surface area contributed by atoms with Crippen LogP contribution in [0.25, 0.3) is 4.96 Å². The average Bonchev–Trinajstić information content (AvgIpc) is 3.23. The Hall–Kier alpha value is -1.15. The Morgan fingerprint density at radius 2 is 2.17 bits per heavy atom. The summed E-state index contributed by atoms with van der Waals surface area (Å²) in [6.45, 7) is 6.09. The van der Waals surface area contributed by atoms with E-state index < -0.39 is 0 Å². The van der Waals surface area contributed by atoms with Crippen LogP contribution >= 0.6 is 23.7 Å². The molecule has 1 unspecified atom stereocenters. The van der Waals surface area contributed by atoms with Crippen LogP contribution in [0, 0.1) is 0 Å². The maximum atomic E-state index is 12.5. The van der Waals surface area contributed by atoms with E-state index in [2.05, 4.69) is 15.2 Å². The van der Waals surface area contributed by atoms with Crippen molar-refractivity contribution < 1.29 is 4.79 Å². The number of nitrogens with one attached hydrogen (secondary N) is 1. The molecule has 0 spiro atoms. The van der Waals surface area contributed by atoms with Crippen LogP contribution in [0.4, 0.5) is 0 Å². The second kappa shape index (κ2) is 7.17. The van der Waals surface area contributed by atoms with Crippen molar-refractivity contribution in [3.05, 3.63) is 23.5 Å². The highest BCUT2D eigenvalue weighted by Gasteiger charge is 2.31. The number of carbonyl (C=O) groups is 1. The van der Waals surface area contributed by atoms with Crippen molar-refractivity contribution in [3.8, 4) is 0 Å². The van der Waals surface area contributed by atoms with Crippen molar-refractivity contribution in [3.63, 3.8) is 0 Å². The summed E-state index contributed by atoms with van der Waals surface area (Å²) >= 11 is 1.60. The molecule has 0 saturated carbocycles. The third-order valence-corrected chi connectivity index (χ3v) is 5.43. The fourth-order valence-electron chi connectivity index (χ4n) is 3.44. The number of hydrogen-bond acceptors (Lipinski definition) is 5. The molecule has 4 heterocycles. The highest BCUT2D eigenvalue weighted by Crippen LogP contribution is 2.18. The molecule has 2 aromatic rings. The Kier molecular flexibility index (Phi) is 5.21. The van der Waals surface area contributed by atoms with Gasteiger partial charge >= 0.3 is 0 Å². The molecule has 1 amide bonds. The van der Waals surface area contributed by atoms with Crippen LogP contribution in [-0.2, 0) is 11.2 Å². The summed E-state index contributed by atoms with van der Waals surface area (Å²) in [6.07, 6.45) is 5.47. The van der Waals surface area contributed by atoms with Crippen LogP contribution in [0.1, 0.15) is 12.1 Å². The van der Waals surface area contributed by atoms with E-state index in [1.54, 1.807) is 11.3 Å². The average molecular weight is 356 g/mol. The zero-order valence-electron chi connectivity index (χ0n) is 13.0. The van der Waals surface area contributed by atoms with E-state index in [1.165, 1.54) is 0 Å². The molecule has 4 rings (SSSR count). The standard InChI is InChI=1S/C15H21N5OS.ClH/c21-14(9-12-10-20-7-8-22-15(20)17-12)19-4-1-13(11-19)18-5-2-16-3-6-18;/h7-8,10,13,16H,1-6,9,11H2;1H. The Labute approximate surface area is 145 Å². The normalized spacial score (nSPS) is 22.4. The molecule has 8 heteroatoms. The number of hydrogen-bond donors (Lipinski definition) is 1. The lowest BCUT2D eigenvalue weighted by Crippen LogP contribution is -2.49. The smallest absolute Gasteiger partial charge is 0.228 e. The minimum atomic E-state index is 0. The van der Waals surface area contributed by atoms with Gasteiger partial charge in [-0.2, -0.15) is 0 Å². The van der Waals surface area contributed by atoms with Gasteiger partial charge in [0, 0.05) is 63.1 Å². The quantitative estimate of drug-likeness (QED) is 0.887. The number of piperazine rings is 1. The fourth-order valence-corrected chi connectivity index (χ4v) is 4.16. The Morgan fingerprint density at radius 1 is 1.35 bits per heavy atom. The molecule has 23 heavy (non-hydrogen) atoms. The van der Waals surface area contributed by atoms with Crippen LogP contribution in [0.5, 0.6) is 0 Å². The topological polar surface area (TPSA) is 52.9 Å². The second-order valence-electron chi connectivity index (χ2n) is 6.07. The molecule has 2 fully saturated rings. The van der Waals surface area contributed by atoms with Gasteiger partial charge in [-0.15, -0.1) is 23.7 Å². The van der Waals surface area contributed by atoms with Crippen molar-refractivity contribution >= 4 is 34.6 Å². The lowest BCUT2D eigenvalue weighted by molar-refractivity contribution is -0.129. The summed E-state index contributed by atoms with van der Waals surface area (Å²) in [4.78, 5) is 22.5. The fraction of sp³-hybridized carbons (Fsp3) is 0.600. The maximum absolute atomic E-state index is 12.5. The van der Waals surface area contributed by atoms with Crippen LogP contribution < -0.4 is 5.32 Å². The van der Waals surface area contributed by atoms with Crippen LogP contribution in [0.15, 0.2) is 17.8 Å². The van der Waals surface area contributed by atoms with E-state index in [0.29, 0.717) is 12.5 Å². The SMILES string of the molecule is Cl.O=C(Cc1cn2ccsc2n1)N1CCC(N2CCNCC2)C1. The number of carbonyl (C=O) groups excluding carboxylic acids is 1. The molecule has 1 atom stereocenters. The first kappa shape index (κ1) is 16.7. The predicted molar refractivity (Wildman–Crippen MR) is 93.4 cm³/mol. The molecule has 6 nitrogen and oxygen atoms in total. The molecule has 0 aliphatic carbocycles. The number of fused-ring (bicyclic) bond motifs is 1. The van der Waals surface area contributed by atoms with E-state index in [-0.39, 0.29) is 18.3 Å². The van der Waals surface area contributed by atoms with Crippen molar-refractivity contribution in [1.82, 2.24) is 24.5 Å². The maximum Gasteiger partial charge on any atom is 0.228 e. The molecule has 126 valence electrons. The minimum absolute atomic E-state index is 0. The van der Waals surface area contributed by atoms with Gasteiger partial charge in [0.2, 0.25) is 5.91 Å². The first-order valence-electron chi connectivity index (χ1n) is 7.93. The summed E-state index contributed by atoms with van der Waals surface area (Å²) in [6, 6.07) is 0.538. The number of imidazole rings is 1. The van der Waals surface area contributed by atoms with Gasteiger partial charge in [0.15, 0.2) is 4.96 Å². The number of thiazole rings is 1. The first-order chi connectivity index (χ1) is 10.8. The molecule has 1 N–H and O–H groups in total. The zero-order chi connectivity index (χ0) is 14.9. The van der Waals surface area contributed by atoms with Gasteiger partial charge in [-0.1, -0.05) is 0 Å².